The molecule has 0 saturated carbocycles. The van der Waals surface area contributed by atoms with E-state index in [9.17, 15) is 0 Å². The van der Waals surface area contributed by atoms with Crippen LogP contribution in [0.5, 0.6) is 0 Å². The van der Waals surface area contributed by atoms with Crippen LogP contribution >= 0.6 is 23.2 Å². The van der Waals surface area contributed by atoms with Gasteiger partial charge in [-0.05, 0) is 36.4 Å². The lowest BCUT2D eigenvalue weighted by molar-refractivity contribution is 0.654. The first-order valence-corrected chi connectivity index (χ1v) is 11.4. The summed E-state index contributed by atoms with van der Waals surface area (Å²) in [6.07, 6.45) is 5.09. The van der Waals surface area contributed by atoms with Gasteiger partial charge in [0.2, 0.25) is 5.95 Å². The minimum atomic E-state index is 0.428. The third-order valence-corrected chi connectivity index (χ3v) is 5.59. The van der Waals surface area contributed by atoms with E-state index in [0.717, 1.165) is 5.56 Å². The van der Waals surface area contributed by atoms with Gasteiger partial charge in [0.25, 0.3) is 0 Å². The van der Waals surface area contributed by atoms with Crippen LogP contribution in [0.2, 0.25) is 10.0 Å². The first-order chi connectivity index (χ1) is 17.1. The molecule has 10 nitrogen and oxygen atoms in total. The Balaban J connectivity index is 1.41. The topological polar surface area (TPSA) is 122 Å². The van der Waals surface area contributed by atoms with E-state index in [1.165, 1.54) is 6.20 Å². The Hall–Kier alpha value is -4.20. The Bertz CT molecular complexity index is 1500. The van der Waals surface area contributed by atoms with Gasteiger partial charge in [-0.15, -0.1) is 5.10 Å². The Kier molecular flexibility index (Phi) is 6.43. The smallest absolute Gasteiger partial charge is 0.226 e. The van der Waals surface area contributed by atoms with Crippen LogP contribution in [0, 0.1) is 11.3 Å². The number of nitrogens with zero attached hydrogens (tertiary/aromatic N) is 8. The average Bonchev–Trinajstić information content (AvgIpc) is 3.52. The van der Waals surface area contributed by atoms with Crippen molar-refractivity contribution in [1.82, 2.24) is 34.3 Å². The highest BCUT2D eigenvalue weighted by Gasteiger charge is 2.15. The molecule has 0 aliphatic rings. The van der Waals surface area contributed by atoms with E-state index in [1.54, 1.807) is 39.7 Å². The molecule has 0 spiro atoms. The molecule has 35 heavy (non-hydrogen) atoms. The van der Waals surface area contributed by atoms with Crippen molar-refractivity contribution in [1.29, 1.82) is 5.26 Å². The Morgan fingerprint density at radius 1 is 1.03 bits per heavy atom. The second kappa shape index (κ2) is 9.97. The molecule has 4 aromatic heterocycles. The number of aromatic nitrogens is 7. The second-order valence-electron chi connectivity index (χ2n) is 7.49. The van der Waals surface area contributed by atoms with E-state index >= 15 is 0 Å². The third-order valence-electron chi connectivity index (χ3n) is 5.05. The van der Waals surface area contributed by atoms with Crippen LogP contribution in [0.4, 0.5) is 11.8 Å². The maximum Gasteiger partial charge on any atom is 0.226 e. The predicted octanol–water partition coefficient (Wildman–Crippen LogP) is 4.13. The lowest BCUT2D eigenvalue weighted by Crippen LogP contribution is -2.17. The summed E-state index contributed by atoms with van der Waals surface area (Å²) in [6.45, 7) is 1.51. The minimum Gasteiger partial charge on any atom is -0.368 e. The van der Waals surface area contributed by atoms with E-state index in [-0.39, 0.29) is 0 Å². The van der Waals surface area contributed by atoms with Crippen molar-refractivity contribution in [3.8, 4) is 17.3 Å². The Morgan fingerprint density at radius 2 is 1.91 bits per heavy atom. The number of hydrogen-bond acceptors (Lipinski definition) is 8. The first kappa shape index (κ1) is 22.6. The largest absolute Gasteiger partial charge is 0.368 e. The van der Waals surface area contributed by atoms with Gasteiger partial charge in [0.15, 0.2) is 11.5 Å². The number of nitriles is 1. The fraction of sp³-hybridized carbons (Fsp3) is 0.130. The zero-order valence-corrected chi connectivity index (χ0v) is 19.7. The summed E-state index contributed by atoms with van der Waals surface area (Å²) < 4.78 is 3.41. The van der Waals surface area contributed by atoms with Gasteiger partial charge in [0, 0.05) is 48.3 Å². The summed E-state index contributed by atoms with van der Waals surface area (Å²) in [6, 6.07) is 14.5. The standard InChI is InChI=1S/C23H18Cl2N10/c24-16-3-4-17(18(25)10-16)19-11-22-32-21(14-34-9-1-6-30-34)33-35(22)23(31-19)28-8-7-27-20-5-2-15(12-26)13-29-20/h1-6,9-11,13H,7-8,14H2,(H,27,29)(H,28,31). The van der Waals surface area contributed by atoms with E-state index in [2.05, 4.69) is 36.9 Å². The van der Waals surface area contributed by atoms with Gasteiger partial charge < -0.3 is 10.6 Å². The van der Waals surface area contributed by atoms with Crippen molar-refractivity contribution in [2.75, 3.05) is 23.7 Å². The zero-order chi connectivity index (χ0) is 24.2. The van der Waals surface area contributed by atoms with Gasteiger partial charge in [-0.2, -0.15) is 14.9 Å². The SMILES string of the molecule is N#Cc1ccc(NCCNc2nc(-c3ccc(Cl)cc3Cl)cc3nc(Cn4cccn4)nn23)nc1. The second-order valence-corrected chi connectivity index (χ2v) is 8.33. The molecule has 0 fully saturated rings. The monoisotopic (exact) mass is 504 g/mol. The summed E-state index contributed by atoms with van der Waals surface area (Å²) in [5, 5.41) is 25.3. The van der Waals surface area contributed by atoms with E-state index in [1.807, 2.05) is 24.4 Å². The number of halogens is 2. The fourth-order valence-corrected chi connectivity index (χ4v) is 3.92. The third kappa shape index (κ3) is 5.16. The molecule has 0 aliphatic carbocycles. The van der Waals surface area contributed by atoms with Crippen LogP contribution in [-0.4, -0.2) is 47.4 Å². The molecule has 12 heteroatoms. The van der Waals surface area contributed by atoms with Gasteiger partial charge in [0.05, 0.1) is 16.3 Å². The van der Waals surface area contributed by atoms with Gasteiger partial charge >= 0.3 is 0 Å². The molecule has 0 atom stereocenters. The number of rotatable bonds is 8. The number of benzene rings is 1. The molecule has 0 bridgehead atoms. The fourth-order valence-electron chi connectivity index (χ4n) is 3.42. The quantitative estimate of drug-likeness (QED) is 0.302. The molecule has 0 unspecified atom stereocenters. The van der Waals surface area contributed by atoms with Crippen molar-refractivity contribution < 1.29 is 0 Å². The number of pyridine rings is 1. The average molecular weight is 505 g/mol. The lowest BCUT2D eigenvalue weighted by Gasteiger charge is -2.11. The maximum atomic E-state index is 8.90. The Morgan fingerprint density at radius 3 is 2.66 bits per heavy atom. The Labute approximate surface area is 210 Å². The molecular weight excluding hydrogens is 487 g/mol. The van der Waals surface area contributed by atoms with Crippen LogP contribution < -0.4 is 10.6 Å². The summed E-state index contributed by atoms with van der Waals surface area (Å²) in [5.74, 6) is 1.78. The van der Waals surface area contributed by atoms with E-state index < -0.39 is 0 Å². The van der Waals surface area contributed by atoms with E-state index in [0.29, 0.717) is 64.2 Å². The molecule has 174 valence electrons. The zero-order valence-electron chi connectivity index (χ0n) is 18.2. The number of anilines is 2. The van der Waals surface area contributed by atoms with Crippen LogP contribution in [0.1, 0.15) is 11.4 Å². The summed E-state index contributed by atoms with van der Waals surface area (Å²) in [4.78, 5) is 13.6. The molecule has 5 aromatic rings. The van der Waals surface area contributed by atoms with Crippen molar-refractivity contribution in [2.24, 2.45) is 0 Å². The molecule has 0 saturated heterocycles. The highest BCUT2D eigenvalue weighted by atomic mass is 35.5. The highest BCUT2D eigenvalue weighted by Crippen LogP contribution is 2.30. The van der Waals surface area contributed by atoms with Crippen LogP contribution in [0.3, 0.4) is 0 Å². The van der Waals surface area contributed by atoms with Crippen molar-refractivity contribution in [2.45, 2.75) is 6.54 Å². The highest BCUT2D eigenvalue weighted by molar-refractivity contribution is 6.36. The molecule has 0 amide bonds. The van der Waals surface area contributed by atoms with Gasteiger partial charge in [-0.25, -0.2) is 15.0 Å². The van der Waals surface area contributed by atoms with E-state index in [4.69, 9.17) is 33.4 Å². The van der Waals surface area contributed by atoms with Gasteiger partial charge in [0.1, 0.15) is 18.4 Å². The number of hydrogen-bond donors (Lipinski definition) is 2. The first-order valence-electron chi connectivity index (χ1n) is 10.6. The predicted molar refractivity (Wildman–Crippen MR) is 133 cm³/mol. The molecule has 0 aliphatic heterocycles. The van der Waals surface area contributed by atoms with Gasteiger partial charge in [-0.3, -0.25) is 4.68 Å². The molecule has 1 aromatic carbocycles. The van der Waals surface area contributed by atoms with Crippen molar-refractivity contribution in [3.63, 3.8) is 0 Å². The molecule has 5 rings (SSSR count). The van der Waals surface area contributed by atoms with Crippen LogP contribution in [0.25, 0.3) is 16.9 Å². The molecule has 2 N–H and O–H groups in total. The molecule has 4 heterocycles. The van der Waals surface area contributed by atoms with Crippen molar-refractivity contribution >= 4 is 40.6 Å². The summed E-state index contributed by atoms with van der Waals surface area (Å²) in [5.41, 5.74) is 2.50. The summed E-state index contributed by atoms with van der Waals surface area (Å²) in [7, 11) is 0. The lowest BCUT2D eigenvalue weighted by atomic mass is 10.1. The number of fused-ring (bicyclic) bond motifs is 1. The molecular formula is C23H18Cl2N10. The van der Waals surface area contributed by atoms with Crippen LogP contribution in [-0.2, 0) is 6.54 Å². The minimum absolute atomic E-state index is 0.428. The number of nitrogens with one attached hydrogen (secondary N) is 2. The van der Waals surface area contributed by atoms with Crippen molar-refractivity contribution in [3.05, 3.63) is 82.5 Å². The normalized spacial score (nSPS) is 10.9. The maximum absolute atomic E-state index is 8.90. The van der Waals surface area contributed by atoms with Gasteiger partial charge in [-0.1, -0.05) is 23.2 Å². The summed E-state index contributed by atoms with van der Waals surface area (Å²) >= 11 is 12.5. The molecule has 0 radical (unpaired) electrons. The van der Waals surface area contributed by atoms with Crippen LogP contribution in [0.15, 0.2) is 61.1 Å².